The predicted molar refractivity (Wildman–Crippen MR) is 39.7 cm³/mol. The van der Waals surface area contributed by atoms with E-state index in [0.29, 0.717) is 0 Å². The minimum absolute atomic E-state index is 0.243. The Kier molecular flexibility index (Phi) is 3.89. The maximum absolute atomic E-state index is 9.03. The highest BCUT2D eigenvalue weighted by Gasteiger charge is 2.21. The van der Waals surface area contributed by atoms with Crippen LogP contribution in [0.25, 0.3) is 0 Å². The zero-order chi connectivity index (χ0) is 6.62. The van der Waals surface area contributed by atoms with Gasteiger partial charge in [0.2, 0.25) is 0 Å². The monoisotopic (exact) mass is 154 g/mol. The van der Waals surface area contributed by atoms with Crippen LogP contribution in [0.4, 0.5) is 0 Å². The van der Waals surface area contributed by atoms with Crippen molar-refractivity contribution in [3.05, 3.63) is 0 Å². The molecule has 2 nitrogen and oxygen atoms in total. The normalized spacial score (nSPS) is 12.0. The second-order valence-electron chi connectivity index (χ2n) is 1.70. The van der Waals surface area contributed by atoms with E-state index in [0.717, 1.165) is 0 Å². The average Bonchev–Trinajstić information content (AvgIpc) is 1.87. The summed E-state index contributed by atoms with van der Waals surface area (Å²) in [6.07, 6.45) is 0. The Morgan fingerprint density at radius 1 is 1.25 bits per heavy atom. The Labute approximate surface area is 59.7 Å². The Balaban J connectivity index is 3.58. The highest BCUT2D eigenvalue weighted by atomic mass is 32.1. The summed E-state index contributed by atoms with van der Waals surface area (Å²) in [4.78, 5) is 0. The van der Waals surface area contributed by atoms with Crippen LogP contribution >= 0.6 is 25.3 Å². The SMILES string of the molecule is OCC(O)(CS)CS. The highest BCUT2D eigenvalue weighted by molar-refractivity contribution is 7.81. The first-order valence-electron chi connectivity index (χ1n) is 2.23. The first-order valence-corrected chi connectivity index (χ1v) is 3.50. The Morgan fingerprint density at radius 3 is 1.62 bits per heavy atom. The van der Waals surface area contributed by atoms with E-state index in [9.17, 15) is 0 Å². The van der Waals surface area contributed by atoms with Gasteiger partial charge in [0.25, 0.3) is 0 Å². The van der Waals surface area contributed by atoms with E-state index in [-0.39, 0.29) is 18.1 Å². The molecule has 4 heteroatoms. The summed E-state index contributed by atoms with van der Waals surface area (Å²) >= 11 is 7.60. The summed E-state index contributed by atoms with van der Waals surface area (Å²) in [6, 6.07) is 0. The van der Waals surface area contributed by atoms with E-state index in [2.05, 4.69) is 25.3 Å². The van der Waals surface area contributed by atoms with E-state index in [1.807, 2.05) is 0 Å². The second-order valence-corrected chi connectivity index (χ2v) is 2.33. The van der Waals surface area contributed by atoms with Gasteiger partial charge < -0.3 is 10.2 Å². The molecule has 50 valence electrons. The van der Waals surface area contributed by atoms with Crippen molar-refractivity contribution < 1.29 is 10.2 Å². The zero-order valence-corrected chi connectivity index (χ0v) is 6.20. The summed E-state index contributed by atoms with van der Waals surface area (Å²) in [7, 11) is 0. The molecule has 0 fully saturated rings. The molecule has 0 heterocycles. The minimum Gasteiger partial charge on any atom is -0.393 e. The van der Waals surface area contributed by atoms with Crippen molar-refractivity contribution in [1.29, 1.82) is 0 Å². The molecular weight excluding hydrogens is 144 g/mol. The third kappa shape index (κ3) is 2.26. The standard InChI is InChI=1S/C4H10O2S2/c5-1-4(6,2-7)3-8/h5-8H,1-3H2. The lowest BCUT2D eigenvalue weighted by atomic mass is 10.1. The largest absolute Gasteiger partial charge is 0.393 e. The fourth-order valence-electron chi connectivity index (χ4n) is 0.150. The molecule has 0 aliphatic carbocycles. The van der Waals surface area contributed by atoms with Gasteiger partial charge in [-0.25, -0.2) is 0 Å². The van der Waals surface area contributed by atoms with Crippen molar-refractivity contribution in [2.45, 2.75) is 5.60 Å². The van der Waals surface area contributed by atoms with Crippen molar-refractivity contribution in [2.75, 3.05) is 18.1 Å². The first-order chi connectivity index (χ1) is 3.68. The van der Waals surface area contributed by atoms with Crippen LogP contribution in [0.2, 0.25) is 0 Å². The summed E-state index contributed by atoms with van der Waals surface area (Å²) in [5.41, 5.74) is -1.09. The number of thiol groups is 2. The number of hydrogen-bond acceptors (Lipinski definition) is 4. The molecule has 0 aromatic heterocycles. The van der Waals surface area contributed by atoms with Crippen LogP contribution in [-0.4, -0.2) is 33.9 Å². The molecule has 0 saturated carbocycles. The van der Waals surface area contributed by atoms with Gasteiger partial charge >= 0.3 is 0 Å². The third-order valence-corrected chi connectivity index (χ3v) is 2.06. The van der Waals surface area contributed by atoms with Crippen LogP contribution in [0.15, 0.2) is 0 Å². The van der Waals surface area contributed by atoms with Gasteiger partial charge in [-0.15, -0.1) is 0 Å². The number of aliphatic hydroxyl groups is 2. The Morgan fingerprint density at radius 2 is 1.62 bits per heavy atom. The van der Waals surface area contributed by atoms with Crippen LogP contribution < -0.4 is 0 Å². The fourth-order valence-corrected chi connectivity index (χ4v) is 0.750. The molecule has 0 radical (unpaired) electrons. The lowest BCUT2D eigenvalue weighted by Gasteiger charge is -2.19. The molecule has 0 aliphatic rings. The molecule has 0 bridgehead atoms. The van der Waals surface area contributed by atoms with Crippen LogP contribution in [0.1, 0.15) is 0 Å². The maximum atomic E-state index is 9.03. The van der Waals surface area contributed by atoms with E-state index < -0.39 is 5.60 Å². The smallest absolute Gasteiger partial charge is 0.105 e. The van der Waals surface area contributed by atoms with Gasteiger partial charge in [-0.1, -0.05) is 0 Å². The van der Waals surface area contributed by atoms with Gasteiger partial charge in [0.15, 0.2) is 0 Å². The van der Waals surface area contributed by atoms with E-state index in [4.69, 9.17) is 10.2 Å². The lowest BCUT2D eigenvalue weighted by Crippen LogP contribution is -2.37. The lowest BCUT2D eigenvalue weighted by molar-refractivity contribution is 0.0273. The average molecular weight is 154 g/mol. The van der Waals surface area contributed by atoms with Gasteiger partial charge in [0.1, 0.15) is 5.60 Å². The number of rotatable bonds is 3. The van der Waals surface area contributed by atoms with Crippen LogP contribution in [-0.2, 0) is 0 Å². The molecule has 2 N–H and O–H groups in total. The molecule has 8 heavy (non-hydrogen) atoms. The molecule has 0 atom stereocenters. The predicted octanol–water partition coefficient (Wildman–Crippen LogP) is -0.431. The summed E-state index contributed by atoms with van der Waals surface area (Å²) < 4.78 is 0. The zero-order valence-electron chi connectivity index (χ0n) is 4.41. The first kappa shape index (κ1) is 8.62. The molecular formula is C4H10O2S2. The molecule has 0 aromatic rings. The Bertz CT molecular complexity index is 54.8. The maximum Gasteiger partial charge on any atom is 0.105 e. The molecule has 0 unspecified atom stereocenters. The minimum atomic E-state index is -1.09. The summed E-state index contributed by atoms with van der Waals surface area (Å²) in [6.45, 7) is -0.278. The van der Waals surface area contributed by atoms with Gasteiger partial charge in [-0.05, 0) is 0 Å². The quantitative estimate of drug-likeness (QED) is 0.417. The molecule has 0 aliphatic heterocycles. The van der Waals surface area contributed by atoms with Crippen molar-refractivity contribution in [3.63, 3.8) is 0 Å². The van der Waals surface area contributed by atoms with Gasteiger partial charge in [-0.3, -0.25) is 0 Å². The van der Waals surface area contributed by atoms with Crippen molar-refractivity contribution >= 4 is 25.3 Å². The van der Waals surface area contributed by atoms with E-state index in [1.54, 1.807) is 0 Å². The fraction of sp³-hybridized carbons (Fsp3) is 1.00. The highest BCUT2D eigenvalue weighted by Crippen LogP contribution is 2.06. The Hall–Kier alpha value is 0.620. The van der Waals surface area contributed by atoms with Crippen molar-refractivity contribution in [3.8, 4) is 0 Å². The number of hydrogen-bond donors (Lipinski definition) is 4. The molecule has 0 amide bonds. The van der Waals surface area contributed by atoms with Crippen molar-refractivity contribution in [2.24, 2.45) is 0 Å². The van der Waals surface area contributed by atoms with Gasteiger partial charge in [0, 0.05) is 11.5 Å². The number of aliphatic hydroxyl groups excluding tert-OH is 1. The topological polar surface area (TPSA) is 40.5 Å². The van der Waals surface area contributed by atoms with E-state index in [1.165, 1.54) is 0 Å². The van der Waals surface area contributed by atoms with Crippen LogP contribution in [0.3, 0.4) is 0 Å². The van der Waals surface area contributed by atoms with Gasteiger partial charge in [0.05, 0.1) is 6.61 Å². The summed E-state index contributed by atoms with van der Waals surface area (Å²) in [5.74, 6) is 0.486. The molecule has 0 spiro atoms. The summed E-state index contributed by atoms with van der Waals surface area (Å²) in [5, 5.41) is 17.5. The molecule has 0 aromatic carbocycles. The second kappa shape index (κ2) is 3.61. The van der Waals surface area contributed by atoms with Gasteiger partial charge in [-0.2, -0.15) is 25.3 Å². The van der Waals surface area contributed by atoms with Crippen LogP contribution in [0.5, 0.6) is 0 Å². The third-order valence-electron chi connectivity index (χ3n) is 0.883. The van der Waals surface area contributed by atoms with Crippen molar-refractivity contribution in [1.82, 2.24) is 0 Å². The molecule has 0 rings (SSSR count). The van der Waals surface area contributed by atoms with Crippen LogP contribution in [0, 0.1) is 0 Å². The molecule has 0 saturated heterocycles. The van der Waals surface area contributed by atoms with E-state index >= 15 is 0 Å².